The van der Waals surface area contributed by atoms with E-state index in [2.05, 4.69) is 15.3 Å². The van der Waals surface area contributed by atoms with E-state index in [-0.39, 0.29) is 18.1 Å². The van der Waals surface area contributed by atoms with Crippen molar-refractivity contribution in [2.24, 2.45) is 0 Å². The number of methoxy groups -OCH3 is 1. The van der Waals surface area contributed by atoms with E-state index in [4.69, 9.17) is 16.3 Å². The van der Waals surface area contributed by atoms with Gasteiger partial charge in [0.15, 0.2) is 0 Å². The molecule has 0 radical (unpaired) electrons. The summed E-state index contributed by atoms with van der Waals surface area (Å²) in [5.74, 6) is -0.851. The van der Waals surface area contributed by atoms with Gasteiger partial charge in [-0.15, -0.1) is 5.10 Å². The molecule has 0 fully saturated rings. The first kappa shape index (κ1) is 16.7. The lowest BCUT2D eigenvalue weighted by Crippen LogP contribution is -2.28. The Morgan fingerprint density at radius 2 is 2.30 bits per heavy atom. The Morgan fingerprint density at radius 1 is 1.61 bits per heavy atom. The van der Waals surface area contributed by atoms with E-state index in [1.54, 1.807) is 4.68 Å². The molecular weight excluding hydrogens is 328 g/mol. The molecule has 11 heteroatoms. The Morgan fingerprint density at radius 3 is 2.87 bits per heavy atom. The summed E-state index contributed by atoms with van der Waals surface area (Å²) in [6.07, 6.45) is 1.49. The lowest BCUT2D eigenvalue weighted by molar-refractivity contribution is -0.386. The predicted molar refractivity (Wildman–Crippen MR) is 80.5 cm³/mol. The number of hydrogen-bond donors (Lipinski definition) is 1. The molecular formula is C12H15ClN6O4. The van der Waals surface area contributed by atoms with E-state index < -0.39 is 16.5 Å². The Hall–Kier alpha value is -2.62. The van der Waals surface area contributed by atoms with Gasteiger partial charge in [-0.25, -0.2) is 0 Å². The number of nitrogens with zero attached hydrogens (tertiary/aromatic N) is 5. The van der Waals surface area contributed by atoms with Crippen LogP contribution in [-0.2, 0) is 13.1 Å². The second-order valence-corrected chi connectivity index (χ2v) is 5.04. The monoisotopic (exact) mass is 342 g/mol. The fourth-order valence-electron chi connectivity index (χ4n) is 2.09. The Labute approximate surface area is 136 Å². The van der Waals surface area contributed by atoms with Crippen molar-refractivity contribution in [1.82, 2.24) is 24.9 Å². The normalized spacial score (nSPS) is 10.6. The molecule has 0 unspecified atom stereocenters. The van der Waals surface area contributed by atoms with Crippen LogP contribution in [0.1, 0.15) is 23.1 Å². The molecule has 2 heterocycles. The van der Waals surface area contributed by atoms with E-state index in [1.165, 1.54) is 25.3 Å². The maximum Gasteiger partial charge on any atom is 0.362 e. The zero-order valence-corrected chi connectivity index (χ0v) is 13.5. The van der Waals surface area contributed by atoms with Crippen LogP contribution in [0, 0.1) is 10.1 Å². The van der Waals surface area contributed by atoms with Crippen molar-refractivity contribution < 1.29 is 14.5 Å². The minimum absolute atomic E-state index is 0.143. The summed E-state index contributed by atoms with van der Waals surface area (Å²) < 4.78 is 6.44. The molecule has 0 saturated carbocycles. The molecule has 0 spiro atoms. The predicted octanol–water partition coefficient (Wildman–Crippen LogP) is 1.47. The number of nitrogens with one attached hydrogen (secondary N) is 1. The van der Waals surface area contributed by atoms with Crippen LogP contribution < -0.4 is 4.74 Å². The molecule has 2 aromatic heterocycles. The largest absolute Gasteiger partial charge is 0.475 e. The molecule has 0 atom stereocenters. The summed E-state index contributed by atoms with van der Waals surface area (Å²) in [7, 11) is 2.74. The summed E-state index contributed by atoms with van der Waals surface area (Å²) >= 11 is 6.06. The number of carbonyl (C=O) groups is 1. The molecule has 0 saturated heterocycles. The Kier molecular flexibility index (Phi) is 4.84. The van der Waals surface area contributed by atoms with Gasteiger partial charge in [0, 0.05) is 13.6 Å². The minimum atomic E-state index is -0.716. The van der Waals surface area contributed by atoms with E-state index in [9.17, 15) is 14.9 Å². The van der Waals surface area contributed by atoms with Crippen LogP contribution in [0.5, 0.6) is 5.88 Å². The molecule has 0 aromatic carbocycles. The molecule has 23 heavy (non-hydrogen) atoms. The number of aryl methyl sites for hydroxylation is 1. The number of aromatic amines is 1. The van der Waals surface area contributed by atoms with Gasteiger partial charge in [-0.2, -0.15) is 5.10 Å². The second-order valence-electron chi connectivity index (χ2n) is 4.63. The highest BCUT2D eigenvalue weighted by atomic mass is 35.5. The average Bonchev–Trinajstić information content (AvgIpc) is 3.10. The van der Waals surface area contributed by atoms with Crippen LogP contribution in [0.2, 0.25) is 5.02 Å². The fraction of sp³-hybridized carbons (Fsp3) is 0.417. The summed E-state index contributed by atoms with van der Waals surface area (Å²) in [6, 6.07) is 0. The number of ether oxygens (including phenoxy) is 1. The number of hydrogen-bond acceptors (Lipinski definition) is 6. The third-order valence-electron chi connectivity index (χ3n) is 3.23. The number of amides is 1. The van der Waals surface area contributed by atoms with Crippen LogP contribution in [0.3, 0.4) is 0 Å². The Balaban J connectivity index is 2.28. The fourth-order valence-corrected chi connectivity index (χ4v) is 2.29. The average molecular weight is 343 g/mol. The molecule has 0 bridgehead atoms. The minimum Gasteiger partial charge on any atom is -0.475 e. The van der Waals surface area contributed by atoms with E-state index in [0.717, 1.165) is 0 Å². The molecule has 0 aliphatic carbocycles. The maximum atomic E-state index is 12.5. The van der Waals surface area contributed by atoms with Gasteiger partial charge in [0.2, 0.25) is 5.69 Å². The lowest BCUT2D eigenvalue weighted by atomic mass is 10.3. The van der Waals surface area contributed by atoms with Gasteiger partial charge in [-0.05, 0) is 6.92 Å². The molecule has 2 rings (SSSR count). The van der Waals surface area contributed by atoms with E-state index in [0.29, 0.717) is 17.3 Å². The van der Waals surface area contributed by atoms with Gasteiger partial charge in [0.25, 0.3) is 5.91 Å². The third kappa shape index (κ3) is 3.11. The number of nitro groups is 1. The van der Waals surface area contributed by atoms with Crippen molar-refractivity contribution in [2.75, 3.05) is 14.2 Å². The summed E-state index contributed by atoms with van der Waals surface area (Å²) in [5.41, 5.74) is -0.119. The number of carbonyl (C=O) groups excluding carboxylic acids is 1. The highest BCUT2D eigenvalue weighted by molar-refractivity contribution is 6.31. The molecule has 1 N–H and O–H groups in total. The van der Waals surface area contributed by atoms with Crippen LogP contribution in [-0.4, -0.2) is 49.9 Å². The van der Waals surface area contributed by atoms with Crippen molar-refractivity contribution in [1.29, 1.82) is 0 Å². The first-order chi connectivity index (χ1) is 10.9. The molecule has 0 aliphatic rings. The van der Waals surface area contributed by atoms with Crippen LogP contribution in [0.15, 0.2) is 6.20 Å². The number of H-pyrrole nitrogens is 1. The van der Waals surface area contributed by atoms with E-state index in [1.807, 2.05) is 6.92 Å². The van der Waals surface area contributed by atoms with Gasteiger partial charge in [-0.3, -0.25) is 24.7 Å². The van der Waals surface area contributed by atoms with Crippen molar-refractivity contribution in [3.63, 3.8) is 0 Å². The van der Waals surface area contributed by atoms with Gasteiger partial charge in [-0.1, -0.05) is 11.6 Å². The topological polar surface area (TPSA) is 119 Å². The number of rotatable bonds is 6. The van der Waals surface area contributed by atoms with Crippen molar-refractivity contribution >= 4 is 23.2 Å². The zero-order chi connectivity index (χ0) is 17.1. The summed E-state index contributed by atoms with van der Waals surface area (Å²) in [6.45, 7) is 2.62. The van der Waals surface area contributed by atoms with Gasteiger partial charge < -0.3 is 9.64 Å². The second kappa shape index (κ2) is 6.65. The molecule has 1 amide bonds. The van der Waals surface area contributed by atoms with Gasteiger partial charge in [0.1, 0.15) is 0 Å². The quantitative estimate of drug-likeness (QED) is 0.627. The van der Waals surface area contributed by atoms with Crippen molar-refractivity contribution in [2.45, 2.75) is 20.0 Å². The third-order valence-corrected chi connectivity index (χ3v) is 3.55. The van der Waals surface area contributed by atoms with Gasteiger partial charge >= 0.3 is 11.6 Å². The lowest BCUT2D eigenvalue weighted by Gasteiger charge is -2.17. The summed E-state index contributed by atoms with van der Waals surface area (Å²) in [4.78, 5) is 24.2. The summed E-state index contributed by atoms with van der Waals surface area (Å²) in [5, 5.41) is 21.6. The molecule has 0 aliphatic heterocycles. The number of halogens is 1. The molecule has 2 aromatic rings. The van der Waals surface area contributed by atoms with Crippen molar-refractivity contribution in [3.05, 3.63) is 32.7 Å². The van der Waals surface area contributed by atoms with Crippen molar-refractivity contribution in [3.8, 4) is 5.88 Å². The van der Waals surface area contributed by atoms with Crippen LogP contribution in [0.4, 0.5) is 5.69 Å². The van der Waals surface area contributed by atoms with Crippen LogP contribution >= 0.6 is 11.6 Å². The zero-order valence-electron chi connectivity index (χ0n) is 12.7. The highest BCUT2D eigenvalue weighted by Gasteiger charge is 2.32. The first-order valence-electron chi connectivity index (χ1n) is 6.63. The standard InChI is InChI=1S/C12H15ClN6O4/c1-4-18-8(7(13)5-14-18)6-17(2)12(20)9-10(19(21)22)11(23-3)16-15-9/h5H,4,6H2,1-3H3,(H,15,16). The Bertz CT molecular complexity index is 740. The SMILES string of the molecule is CCn1ncc(Cl)c1CN(C)C(=O)c1[nH]nc(OC)c1[N+](=O)[O-]. The molecule has 10 nitrogen and oxygen atoms in total. The number of aromatic nitrogens is 4. The maximum absolute atomic E-state index is 12.5. The van der Waals surface area contributed by atoms with E-state index >= 15 is 0 Å². The van der Waals surface area contributed by atoms with Crippen LogP contribution in [0.25, 0.3) is 0 Å². The molecule has 124 valence electrons. The van der Waals surface area contributed by atoms with Gasteiger partial charge in [0.05, 0.1) is 35.5 Å². The highest BCUT2D eigenvalue weighted by Crippen LogP contribution is 2.29. The smallest absolute Gasteiger partial charge is 0.362 e. The first-order valence-corrected chi connectivity index (χ1v) is 7.00.